The van der Waals surface area contributed by atoms with Crippen LogP contribution in [0.25, 0.3) is 0 Å². The third-order valence-electron chi connectivity index (χ3n) is 4.32. The van der Waals surface area contributed by atoms with E-state index in [1.54, 1.807) is 24.3 Å². The molecule has 0 heterocycles. The molecule has 2 aromatic rings. The van der Waals surface area contributed by atoms with Gasteiger partial charge in [-0.2, -0.15) is 0 Å². The van der Waals surface area contributed by atoms with Crippen molar-refractivity contribution in [1.29, 1.82) is 0 Å². The molecule has 0 radical (unpaired) electrons. The lowest BCUT2D eigenvalue weighted by Gasteiger charge is -2.24. The van der Waals surface area contributed by atoms with Crippen LogP contribution in [-0.2, 0) is 4.74 Å². The van der Waals surface area contributed by atoms with Crippen molar-refractivity contribution in [1.82, 2.24) is 0 Å². The molecule has 1 saturated carbocycles. The first-order chi connectivity index (χ1) is 12.0. The average molecular weight is 341 g/mol. The Kier molecular flexibility index (Phi) is 4.83. The number of anilines is 1. The molecule has 5 heteroatoms. The van der Waals surface area contributed by atoms with E-state index in [1.807, 2.05) is 13.0 Å². The summed E-state index contributed by atoms with van der Waals surface area (Å²) in [5, 5.41) is 0. The molecule has 1 amide bonds. The molecule has 0 bridgehead atoms. The minimum atomic E-state index is -0.756. The van der Waals surface area contributed by atoms with Gasteiger partial charge in [0.25, 0.3) is 5.91 Å². The van der Waals surface area contributed by atoms with Crippen LogP contribution >= 0.6 is 0 Å². The van der Waals surface area contributed by atoms with Crippen LogP contribution in [0, 0.1) is 18.7 Å². The molecule has 0 unspecified atom stereocenters. The number of esters is 1. The highest BCUT2D eigenvalue weighted by Crippen LogP contribution is 2.33. The molecular formula is C20H20FNO3. The number of hydrogen-bond acceptors (Lipinski definition) is 3. The highest BCUT2D eigenvalue weighted by molar-refractivity contribution is 6.07. The van der Waals surface area contributed by atoms with Crippen LogP contribution in [0.5, 0.6) is 0 Å². The van der Waals surface area contributed by atoms with Gasteiger partial charge >= 0.3 is 5.97 Å². The van der Waals surface area contributed by atoms with Crippen LogP contribution in [0.2, 0.25) is 0 Å². The van der Waals surface area contributed by atoms with Gasteiger partial charge in [-0.1, -0.05) is 23.8 Å². The summed E-state index contributed by atoms with van der Waals surface area (Å²) in [6.45, 7) is 2.34. The van der Waals surface area contributed by atoms with E-state index in [1.165, 1.54) is 24.1 Å². The Morgan fingerprint density at radius 3 is 2.56 bits per heavy atom. The number of carbonyl (C=O) groups excluding carboxylic acids is 2. The van der Waals surface area contributed by atoms with Crippen molar-refractivity contribution >= 4 is 17.6 Å². The molecule has 4 nitrogen and oxygen atoms in total. The molecule has 1 fully saturated rings. The fraction of sp³-hybridized carbons (Fsp3) is 0.300. The van der Waals surface area contributed by atoms with Gasteiger partial charge in [-0.3, -0.25) is 4.79 Å². The van der Waals surface area contributed by atoms with E-state index in [2.05, 4.69) is 4.74 Å². The summed E-state index contributed by atoms with van der Waals surface area (Å²) in [5.41, 5.74) is 1.41. The van der Waals surface area contributed by atoms with Crippen molar-refractivity contribution in [3.8, 4) is 0 Å². The SMILES string of the molecule is COC(=O)c1cccc(N(CC2CC2)C(=O)c2cccc(C)c2)c1F. The molecule has 130 valence electrons. The largest absolute Gasteiger partial charge is 0.465 e. The Bertz CT molecular complexity index is 814. The monoisotopic (exact) mass is 341 g/mol. The van der Waals surface area contributed by atoms with Gasteiger partial charge in [0.15, 0.2) is 5.82 Å². The lowest BCUT2D eigenvalue weighted by atomic mass is 10.1. The Hall–Kier alpha value is -2.69. The van der Waals surface area contributed by atoms with Crippen LogP contribution in [0.3, 0.4) is 0 Å². The number of rotatable bonds is 5. The minimum Gasteiger partial charge on any atom is -0.465 e. The Balaban J connectivity index is 2.01. The van der Waals surface area contributed by atoms with E-state index in [4.69, 9.17) is 0 Å². The Morgan fingerprint density at radius 2 is 1.92 bits per heavy atom. The number of amides is 1. The fourth-order valence-electron chi connectivity index (χ4n) is 2.78. The van der Waals surface area contributed by atoms with Gasteiger partial charge in [-0.05, 0) is 49.9 Å². The van der Waals surface area contributed by atoms with Crippen LogP contribution in [0.15, 0.2) is 42.5 Å². The summed E-state index contributed by atoms with van der Waals surface area (Å²) in [6, 6.07) is 11.7. The number of aryl methyl sites for hydroxylation is 1. The maximum atomic E-state index is 14.9. The standard InChI is InChI=1S/C20H20FNO3/c1-13-5-3-6-15(11-13)19(23)22(12-14-9-10-14)17-8-4-7-16(18(17)21)20(24)25-2/h3-8,11,14H,9-10,12H2,1-2H3. The highest BCUT2D eigenvalue weighted by atomic mass is 19.1. The second-order valence-corrected chi connectivity index (χ2v) is 6.36. The normalized spacial score (nSPS) is 13.4. The number of halogens is 1. The number of ether oxygens (including phenoxy) is 1. The number of nitrogens with zero attached hydrogens (tertiary/aromatic N) is 1. The lowest BCUT2D eigenvalue weighted by Crippen LogP contribution is -2.34. The zero-order valence-electron chi connectivity index (χ0n) is 14.3. The number of carbonyl (C=O) groups is 2. The first-order valence-corrected chi connectivity index (χ1v) is 8.26. The predicted molar refractivity (Wildman–Crippen MR) is 93.3 cm³/mol. The molecule has 0 aliphatic heterocycles. The summed E-state index contributed by atoms with van der Waals surface area (Å²) in [6.07, 6.45) is 2.05. The van der Waals surface area contributed by atoms with Gasteiger partial charge < -0.3 is 9.64 Å². The molecule has 0 spiro atoms. The van der Waals surface area contributed by atoms with E-state index in [-0.39, 0.29) is 17.2 Å². The predicted octanol–water partition coefficient (Wildman–Crippen LogP) is 3.98. The van der Waals surface area contributed by atoms with Crippen molar-refractivity contribution in [2.24, 2.45) is 5.92 Å². The van der Waals surface area contributed by atoms with E-state index in [0.29, 0.717) is 18.0 Å². The highest BCUT2D eigenvalue weighted by Gasteiger charge is 2.30. The average Bonchev–Trinajstić information content (AvgIpc) is 3.43. The second-order valence-electron chi connectivity index (χ2n) is 6.36. The summed E-state index contributed by atoms with van der Waals surface area (Å²) >= 11 is 0. The molecular weight excluding hydrogens is 321 g/mol. The third kappa shape index (κ3) is 3.71. The molecule has 0 N–H and O–H groups in total. The number of benzene rings is 2. The molecule has 1 aliphatic rings. The van der Waals surface area contributed by atoms with Crippen LogP contribution < -0.4 is 4.90 Å². The van der Waals surface area contributed by atoms with E-state index >= 15 is 0 Å². The molecule has 0 aromatic heterocycles. The second kappa shape index (κ2) is 7.05. The van der Waals surface area contributed by atoms with Crippen LogP contribution in [-0.4, -0.2) is 25.5 Å². The van der Waals surface area contributed by atoms with Crippen LogP contribution in [0.1, 0.15) is 39.1 Å². The van der Waals surface area contributed by atoms with Crippen molar-refractivity contribution in [2.75, 3.05) is 18.6 Å². The Labute approximate surface area is 146 Å². The summed E-state index contributed by atoms with van der Waals surface area (Å²) in [5.74, 6) is -1.38. The van der Waals surface area contributed by atoms with Crippen LogP contribution in [0.4, 0.5) is 10.1 Å². The molecule has 0 saturated heterocycles. The zero-order chi connectivity index (χ0) is 18.0. The lowest BCUT2D eigenvalue weighted by molar-refractivity contribution is 0.0595. The summed E-state index contributed by atoms with van der Waals surface area (Å²) < 4.78 is 19.5. The van der Waals surface area contributed by atoms with Gasteiger partial charge in [0, 0.05) is 12.1 Å². The molecule has 0 atom stereocenters. The maximum Gasteiger partial charge on any atom is 0.340 e. The van der Waals surface area contributed by atoms with E-state index in [0.717, 1.165) is 18.4 Å². The number of methoxy groups -OCH3 is 1. The van der Waals surface area contributed by atoms with Crippen molar-refractivity contribution in [3.05, 3.63) is 65.0 Å². The van der Waals surface area contributed by atoms with Gasteiger partial charge in [0.05, 0.1) is 18.4 Å². The molecule has 3 rings (SSSR count). The molecule has 25 heavy (non-hydrogen) atoms. The first kappa shape index (κ1) is 17.1. The zero-order valence-corrected chi connectivity index (χ0v) is 14.3. The minimum absolute atomic E-state index is 0.112. The van der Waals surface area contributed by atoms with E-state index in [9.17, 15) is 14.0 Å². The molecule has 1 aliphatic carbocycles. The maximum absolute atomic E-state index is 14.9. The first-order valence-electron chi connectivity index (χ1n) is 8.26. The van der Waals surface area contributed by atoms with Gasteiger partial charge in [0.2, 0.25) is 0 Å². The van der Waals surface area contributed by atoms with Crippen molar-refractivity contribution in [3.63, 3.8) is 0 Å². The van der Waals surface area contributed by atoms with Gasteiger partial charge in [-0.25, -0.2) is 9.18 Å². The van der Waals surface area contributed by atoms with Gasteiger partial charge in [0.1, 0.15) is 0 Å². The topological polar surface area (TPSA) is 46.6 Å². The summed E-state index contributed by atoms with van der Waals surface area (Å²) in [4.78, 5) is 26.2. The van der Waals surface area contributed by atoms with Gasteiger partial charge in [-0.15, -0.1) is 0 Å². The Morgan fingerprint density at radius 1 is 1.20 bits per heavy atom. The quantitative estimate of drug-likeness (QED) is 0.773. The smallest absolute Gasteiger partial charge is 0.340 e. The fourth-order valence-corrected chi connectivity index (χ4v) is 2.78. The molecule has 2 aromatic carbocycles. The van der Waals surface area contributed by atoms with Crippen molar-refractivity contribution < 1.29 is 18.7 Å². The summed E-state index contributed by atoms with van der Waals surface area (Å²) in [7, 11) is 1.20. The number of hydrogen-bond donors (Lipinski definition) is 0. The van der Waals surface area contributed by atoms with Crippen molar-refractivity contribution in [2.45, 2.75) is 19.8 Å². The van der Waals surface area contributed by atoms with E-state index < -0.39 is 11.8 Å². The third-order valence-corrected chi connectivity index (χ3v) is 4.32.